The highest BCUT2D eigenvalue weighted by atomic mass is 79.9. The van der Waals surface area contributed by atoms with Crippen LogP contribution < -0.4 is 5.32 Å². The summed E-state index contributed by atoms with van der Waals surface area (Å²) in [7, 11) is 0. The SMILES string of the molecule is O=C1C[C@@H](c2ccccc2)SC(=Nc2ccc(Br)cc2)N1. The third-order valence-corrected chi connectivity index (χ3v) is 4.77. The Morgan fingerprint density at radius 2 is 1.81 bits per heavy atom. The van der Waals surface area contributed by atoms with Gasteiger partial charge in [0.15, 0.2) is 5.17 Å². The van der Waals surface area contributed by atoms with Crippen molar-refractivity contribution in [3.63, 3.8) is 0 Å². The molecule has 0 aliphatic carbocycles. The predicted molar refractivity (Wildman–Crippen MR) is 90.8 cm³/mol. The van der Waals surface area contributed by atoms with Crippen molar-refractivity contribution >= 4 is 44.5 Å². The van der Waals surface area contributed by atoms with Crippen molar-refractivity contribution in [1.29, 1.82) is 0 Å². The Bertz CT molecular complexity index is 670. The van der Waals surface area contributed by atoms with Crippen molar-refractivity contribution < 1.29 is 4.79 Å². The molecule has 2 aromatic carbocycles. The second-order valence-corrected chi connectivity index (χ2v) is 6.77. The number of thioether (sulfide) groups is 1. The number of benzene rings is 2. The maximum absolute atomic E-state index is 11.9. The van der Waals surface area contributed by atoms with Gasteiger partial charge in [-0.15, -0.1) is 0 Å². The molecule has 1 N–H and O–H groups in total. The fourth-order valence-corrected chi connectivity index (χ4v) is 3.48. The van der Waals surface area contributed by atoms with E-state index < -0.39 is 0 Å². The van der Waals surface area contributed by atoms with Gasteiger partial charge in [-0.25, -0.2) is 4.99 Å². The molecular weight excluding hydrogens is 348 g/mol. The highest BCUT2D eigenvalue weighted by molar-refractivity contribution is 9.10. The summed E-state index contributed by atoms with van der Waals surface area (Å²) in [6.45, 7) is 0. The fraction of sp³-hybridized carbons (Fsp3) is 0.125. The fourth-order valence-electron chi connectivity index (χ4n) is 2.09. The Labute approximate surface area is 136 Å². The smallest absolute Gasteiger partial charge is 0.227 e. The molecule has 0 aromatic heterocycles. The molecule has 3 rings (SSSR count). The van der Waals surface area contributed by atoms with Gasteiger partial charge in [-0.1, -0.05) is 58.0 Å². The standard InChI is InChI=1S/C16H13BrN2OS/c17-12-6-8-13(9-7-12)18-16-19-15(20)10-14(21-16)11-4-2-1-3-5-11/h1-9,14H,10H2,(H,18,19,20)/t14-/m0/s1. The van der Waals surface area contributed by atoms with Crippen LogP contribution in [-0.2, 0) is 4.79 Å². The van der Waals surface area contributed by atoms with E-state index in [2.05, 4.69) is 26.2 Å². The summed E-state index contributed by atoms with van der Waals surface area (Å²) >= 11 is 4.99. The van der Waals surface area contributed by atoms with Gasteiger partial charge < -0.3 is 5.32 Å². The molecular formula is C16H13BrN2OS. The lowest BCUT2D eigenvalue weighted by Gasteiger charge is -2.23. The molecule has 1 aliphatic rings. The average Bonchev–Trinajstić information content (AvgIpc) is 2.50. The third-order valence-electron chi connectivity index (χ3n) is 3.10. The van der Waals surface area contributed by atoms with Crippen molar-refractivity contribution in [3.8, 4) is 0 Å². The molecule has 2 aromatic rings. The Hall–Kier alpha value is -1.59. The molecule has 106 valence electrons. The number of amidine groups is 1. The molecule has 1 amide bonds. The molecule has 1 saturated heterocycles. The zero-order chi connectivity index (χ0) is 14.7. The number of nitrogens with zero attached hydrogens (tertiary/aromatic N) is 1. The van der Waals surface area contributed by atoms with Crippen LogP contribution >= 0.6 is 27.7 Å². The zero-order valence-corrected chi connectivity index (χ0v) is 13.5. The Morgan fingerprint density at radius 3 is 2.52 bits per heavy atom. The van der Waals surface area contributed by atoms with Crippen LogP contribution in [0, 0.1) is 0 Å². The van der Waals surface area contributed by atoms with E-state index in [1.165, 1.54) is 0 Å². The minimum Gasteiger partial charge on any atom is -0.305 e. The highest BCUT2D eigenvalue weighted by Gasteiger charge is 2.25. The van der Waals surface area contributed by atoms with Crippen LogP contribution in [0.1, 0.15) is 17.2 Å². The molecule has 5 heteroatoms. The van der Waals surface area contributed by atoms with Gasteiger partial charge in [0.1, 0.15) is 0 Å². The predicted octanol–water partition coefficient (Wildman–Crippen LogP) is 4.43. The summed E-state index contributed by atoms with van der Waals surface area (Å²) in [5.74, 6) is 0.0125. The number of hydrogen-bond donors (Lipinski definition) is 1. The number of rotatable bonds is 2. The van der Waals surface area contributed by atoms with Crippen molar-refractivity contribution in [1.82, 2.24) is 5.32 Å². The normalized spacial score (nSPS) is 20.3. The first-order valence-corrected chi connectivity index (χ1v) is 8.24. The van der Waals surface area contributed by atoms with Crippen molar-refractivity contribution in [2.24, 2.45) is 4.99 Å². The largest absolute Gasteiger partial charge is 0.305 e. The zero-order valence-electron chi connectivity index (χ0n) is 11.1. The molecule has 0 spiro atoms. The Morgan fingerprint density at radius 1 is 1.10 bits per heavy atom. The first-order chi connectivity index (χ1) is 10.2. The molecule has 0 saturated carbocycles. The van der Waals surface area contributed by atoms with Crippen molar-refractivity contribution in [2.45, 2.75) is 11.7 Å². The highest BCUT2D eigenvalue weighted by Crippen LogP contribution is 2.36. The van der Waals surface area contributed by atoms with Gasteiger partial charge in [0.2, 0.25) is 5.91 Å². The molecule has 21 heavy (non-hydrogen) atoms. The van der Waals surface area contributed by atoms with E-state index in [0.717, 1.165) is 15.7 Å². The van der Waals surface area contributed by atoms with Crippen molar-refractivity contribution in [3.05, 3.63) is 64.6 Å². The van der Waals surface area contributed by atoms with Crippen LogP contribution in [0.5, 0.6) is 0 Å². The summed E-state index contributed by atoms with van der Waals surface area (Å²) in [5, 5.41) is 3.62. The molecule has 1 aliphatic heterocycles. The summed E-state index contributed by atoms with van der Waals surface area (Å²) in [5.41, 5.74) is 1.98. The summed E-state index contributed by atoms with van der Waals surface area (Å²) in [6.07, 6.45) is 0.480. The van der Waals surface area contributed by atoms with Crippen molar-refractivity contribution in [2.75, 3.05) is 0 Å². The number of nitrogens with one attached hydrogen (secondary N) is 1. The van der Waals surface area contributed by atoms with Gasteiger partial charge >= 0.3 is 0 Å². The molecule has 1 atom stereocenters. The first-order valence-electron chi connectivity index (χ1n) is 6.56. The number of aliphatic imine (C=N–C) groups is 1. The lowest BCUT2D eigenvalue weighted by molar-refractivity contribution is -0.119. The monoisotopic (exact) mass is 360 g/mol. The number of carbonyl (C=O) groups excluding carboxylic acids is 1. The number of carbonyl (C=O) groups is 1. The molecule has 0 unspecified atom stereocenters. The number of amides is 1. The molecule has 1 fully saturated rings. The van der Waals surface area contributed by atoms with Gasteiger partial charge in [-0.2, -0.15) is 0 Å². The second kappa shape index (κ2) is 6.45. The lowest BCUT2D eigenvalue weighted by Crippen LogP contribution is -2.34. The van der Waals surface area contributed by atoms with Crippen LogP contribution in [0.2, 0.25) is 0 Å². The van der Waals surface area contributed by atoms with Crippen LogP contribution in [0.4, 0.5) is 5.69 Å². The van der Waals surface area contributed by atoms with E-state index in [1.54, 1.807) is 11.8 Å². The molecule has 1 heterocycles. The van der Waals surface area contributed by atoms with Crippen LogP contribution in [0.3, 0.4) is 0 Å². The van der Waals surface area contributed by atoms with Gasteiger partial charge in [0, 0.05) is 16.1 Å². The van der Waals surface area contributed by atoms with E-state index in [9.17, 15) is 4.79 Å². The quantitative estimate of drug-likeness (QED) is 0.860. The van der Waals surface area contributed by atoms with E-state index in [4.69, 9.17) is 0 Å². The minimum atomic E-state index is 0.0125. The third kappa shape index (κ3) is 3.74. The van der Waals surface area contributed by atoms with Gasteiger partial charge in [-0.05, 0) is 29.8 Å². The van der Waals surface area contributed by atoms with Crippen LogP contribution in [0.15, 0.2) is 64.1 Å². The van der Waals surface area contributed by atoms with Gasteiger partial charge in [0.25, 0.3) is 0 Å². The van der Waals surface area contributed by atoms with Gasteiger partial charge in [-0.3, -0.25) is 4.79 Å². The average molecular weight is 361 g/mol. The Balaban J connectivity index is 1.83. The summed E-state index contributed by atoms with van der Waals surface area (Å²) in [6, 6.07) is 17.8. The van der Waals surface area contributed by atoms with E-state index in [0.29, 0.717) is 11.6 Å². The van der Waals surface area contributed by atoms with E-state index in [1.807, 2.05) is 54.6 Å². The Kier molecular flexibility index (Phi) is 4.41. The number of hydrogen-bond acceptors (Lipinski definition) is 3. The number of halogens is 1. The second-order valence-electron chi connectivity index (χ2n) is 4.66. The van der Waals surface area contributed by atoms with E-state index >= 15 is 0 Å². The van der Waals surface area contributed by atoms with Crippen LogP contribution in [0.25, 0.3) is 0 Å². The summed E-state index contributed by atoms with van der Waals surface area (Å²) < 4.78 is 1.01. The van der Waals surface area contributed by atoms with Gasteiger partial charge in [0.05, 0.1) is 5.69 Å². The molecule has 0 bridgehead atoms. The maximum Gasteiger partial charge on any atom is 0.227 e. The minimum absolute atomic E-state index is 0.0125. The van der Waals surface area contributed by atoms with E-state index in [-0.39, 0.29) is 11.2 Å². The van der Waals surface area contributed by atoms with Crippen LogP contribution in [-0.4, -0.2) is 11.1 Å². The maximum atomic E-state index is 11.9. The topological polar surface area (TPSA) is 41.5 Å². The lowest BCUT2D eigenvalue weighted by atomic mass is 10.1. The summed E-state index contributed by atoms with van der Waals surface area (Å²) in [4.78, 5) is 16.4. The molecule has 0 radical (unpaired) electrons. The first kappa shape index (κ1) is 14.4. The molecule has 3 nitrogen and oxygen atoms in total.